The van der Waals surface area contributed by atoms with Crippen LogP contribution in [0, 0.1) is 0 Å². The maximum atomic E-state index is 10.3. The Morgan fingerprint density at radius 2 is 1.12 bits per heavy atom. The average Bonchev–Trinajstić information content (AvgIpc) is 2.67. The molecule has 0 aromatic heterocycles. The van der Waals surface area contributed by atoms with E-state index in [2.05, 4.69) is 6.92 Å². The molecule has 11 heteroatoms. The molecule has 0 radical (unpaired) electrons. The Bertz CT molecular complexity index is 531. The second-order valence-corrected chi connectivity index (χ2v) is 7.60. The molecule has 0 heterocycles. The second kappa shape index (κ2) is 21.6. The van der Waals surface area contributed by atoms with Gasteiger partial charge in [-0.2, -0.15) is 0 Å². The topological polar surface area (TPSA) is 193 Å². The molecular weight excluding hydrogens is 438 g/mol. The lowest BCUT2D eigenvalue weighted by atomic mass is 9.96. The lowest BCUT2D eigenvalue weighted by Gasteiger charge is -2.20. The minimum atomic E-state index is -2.74. The van der Waals surface area contributed by atoms with Gasteiger partial charge in [-0.05, 0) is 26.4 Å². The normalized spacial score (nSPS) is 11.5. The van der Waals surface area contributed by atoms with Crippen LogP contribution in [0.3, 0.4) is 0 Å². The zero-order valence-corrected chi connectivity index (χ0v) is 20.3. The molecule has 0 rings (SSSR count). The third kappa shape index (κ3) is 24.2. The van der Waals surface area contributed by atoms with Gasteiger partial charge in [0.15, 0.2) is 5.60 Å². The molecule has 1 atom stereocenters. The molecule has 1 unspecified atom stereocenters. The zero-order chi connectivity index (χ0) is 26.4. The zero-order valence-electron chi connectivity index (χ0n) is 20.3. The fourth-order valence-corrected chi connectivity index (χ4v) is 2.70. The van der Waals surface area contributed by atoms with E-state index < -0.39 is 42.3 Å². The number of carboxylic acid groups (broad SMARTS) is 4. The number of carboxylic acids is 4. The van der Waals surface area contributed by atoms with Crippen LogP contribution in [0.1, 0.15) is 91.9 Å². The summed E-state index contributed by atoms with van der Waals surface area (Å²) < 4.78 is 0. The van der Waals surface area contributed by atoms with E-state index in [1.165, 1.54) is 32.1 Å². The van der Waals surface area contributed by atoms with Crippen molar-refractivity contribution in [3.63, 3.8) is 0 Å². The third-order valence-corrected chi connectivity index (χ3v) is 4.62. The highest BCUT2D eigenvalue weighted by Gasteiger charge is 2.40. The van der Waals surface area contributed by atoms with E-state index in [0.29, 0.717) is 6.42 Å². The van der Waals surface area contributed by atoms with Gasteiger partial charge in [0.05, 0.1) is 12.8 Å². The van der Waals surface area contributed by atoms with E-state index in [0.717, 1.165) is 25.9 Å². The number of nitrogens with zero attached hydrogens (tertiary/aromatic N) is 1. The number of carbonyl (C=O) groups is 4. The molecule has 0 aromatic rings. The van der Waals surface area contributed by atoms with E-state index in [1.54, 1.807) is 6.92 Å². The van der Waals surface area contributed by atoms with Gasteiger partial charge < -0.3 is 30.6 Å². The summed E-state index contributed by atoms with van der Waals surface area (Å²) >= 11 is 0. The van der Waals surface area contributed by atoms with Crippen molar-refractivity contribution in [2.24, 2.45) is 0 Å². The predicted molar refractivity (Wildman–Crippen MR) is 122 cm³/mol. The monoisotopic (exact) mass is 481 g/mol. The van der Waals surface area contributed by atoms with Gasteiger partial charge in [-0.3, -0.25) is 19.3 Å². The number of aliphatic hydroxyl groups excluding tert-OH is 1. The molecule has 0 aliphatic carbocycles. The summed E-state index contributed by atoms with van der Waals surface area (Å²) in [7, 11) is 0. The van der Waals surface area contributed by atoms with Crippen molar-refractivity contribution in [1.29, 1.82) is 0 Å². The smallest absolute Gasteiger partial charge is 0.336 e. The fraction of sp³-hybridized carbons (Fsp3) is 0.818. The Morgan fingerprint density at radius 1 is 0.727 bits per heavy atom. The third-order valence-electron chi connectivity index (χ3n) is 4.62. The largest absolute Gasteiger partial charge is 0.481 e. The first-order valence-corrected chi connectivity index (χ1v) is 11.3. The van der Waals surface area contributed by atoms with Crippen molar-refractivity contribution in [2.45, 2.75) is 104 Å². The number of hydrogen-bond acceptors (Lipinski definition) is 7. The number of aliphatic carboxylic acids is 4. The SMILES string of the molecule is CCCCCCCCCC(=O)O.CCN(CC)C(C)O.O=C(O)CC(O)(CC(=O)O)C(=O)O. The summed E-state index contributed by atoms with van der Waals surface area (Å²) in [5.41, 5.74) is -2.74. The van der Waals surface area contributed by atoms with E-state index in [-0.39, 0.29) is 6.23 Å². The summed E-state index contributed by atoms with van der Waals surface area (Å²) in [4.78, 5) is 42.6. The maximum Gasteiger partial charge on any atom is 0.336 e. The number of aliphatic hydroxyl groups is 2. The summed E-state index contributed by atoms with van der Waals surface area (Å²) in [5, 5.41) is 51.1. The van der Waals surface area contributed by atoms with Crippen LogP contribution >= 0.6 is 0 Å². The Morgan fingerprint density at radius 3 is 1.36 bits per heavy atom. The second-order valence-electron chi connectivity index (χ2n) is 7.60. The van der Waals surface area contributed by atoms with Crippen LogP contribution in [-0.4, -0.2) is 84.3 Å². The van der Waals surface area contributed by atoms with Crippen LogP contribution in [0.2, 0.25) is 0 Å². The van der Waals surface area contributed by atoms with E-state index in [4.69, 9.17) is 30.6 Å². The molecule has 11 nitrogen and oxygen atoms in total. The minimum Gasteiger partial charge on any atom is -0.481 e. The van der Waals surface area contributed by atoms with Gasteiger partial charge in [0, 0.05) is 6.42 Å². The highest BCUT2D eigenvalue weighted by Crippen LogP contribution is 2.15. The van der Waals surface area contributed by atoms with Crippen LogP contribution in [0.15, 0.2) is 0 Å². The first-order chi connectivity index (χ1) is 15.3. The molecule has 0 amide bonds. The quantitative estimate of drug-likeness (QED) is 0.140. The van der Waals surface area contributed by atoms with Crippen molar-refractivity contribution >= 4 is 23.9 Å². The van der Waals surface area contributed by atoms with Gasteiger partial charge in [-0.15, -0.1) is 0 Å². The molecule has 0 saturated heterocycles. The van der Waals surface area contributed by atoms with Gasteiger partial charge in [-0.1, -0.05) is 59.3 Å². The van der Waals surface area contributed by atoms with Gasteiger partial charge in [0.2, 0.25) is 0 Å². The van der Waals surface area contributed by atoms with Crippen LogP contribution in [-0.2, 0) is 19.2 Å². The van der Waals surface area contributed by atoms with Crippen LogP contribution < -0.4 is 0 Å². The van der Waals surface area contributed by atoms with Crippen molar-refractivity contribution in [3.8, 4) is 0 Å². The molecule has 196 valence electrons. The van der Waals surface area contributed by atoms with Crippen molar-refractivity contribution in [3.05, 3.63) is 0 Å². The van der Waals surface area contributed by atoms with Crippen LogP contribution in [0.5, 0.6) is 0 Å². The minimum absolute atomic E-state index is 0.287. The number of unbranched alkanes of at least 4 members (excludes halogenated alkanes) is 6. The van der Waals surface area contributed by atoms with Gasteiger partial charge >= 0.3 is 23.9 Å². The van der Waals surface area contributed by atoms with E-state index in [9.17, 15) is 19.2 Å². The predicted octanol–water partition coefficient (Wildman–Crippen LogP) is 2.63. The van der Waals surface area contributed by atoms with Gasteiger partial charge in [0.25, 0.3) is 0 Å². The average molecular weight is 482 g/mol. The van der Waals surface area contributed by atoms with Crippen LogP contribution in [0.25, 0.3) is 0 Å². The maximum absolute atomic E-state index is 10.3. The standard InChI is InChI=1S/C10H20O2.C6H15NO.C6H8O7/c1-2-3-4-5-6-7-8-9-10(11)12;1-4-7(5-2)6(3)8;7-3(8)1-6(13,5(11)12)2-4(9)10/h2-9H2,1H3,(H,11,12);6,8H,4-5H2,1-3H3;13H,1-2H2,(H,7,8)(H,9,10)(H,11,12). The molecule has 0 aliphatic rings. The van der Waals surface area contributed by atoms with E-state index >= 15 is 0 Å². The Kier molecular flexibility index (Phi) is 23.1. The first-order valence-electron chi connectivity index (χ1n) is 11.3. The van der Waals surface area contributed by atoms with Gasteiger partial charge in [0.1, 0.15) is 6.23 Å². The van der Waals surface area contributed by atoms with Crippen molar-refractivity contribution in [1.82, 2.24) is 4.90 Å². The Hall–Kier alpha value is -2.24. The van der Waals surface area contributed by atoms with Crippen molar-refractivity contribution in [2.75, 3.05) is 13.1 Å². The highest BCUT2D eigenvalue weighted by atomic mass is 16.4. The molecular formula is C22H43NO10. The summed E-state index contributed by atoms with van der Waals surface area (Å²) in [5.74, 6) is -5.68. The van der Waals surface area contributed by atoms with E-state index in [1.807, 2.05) is 18.7 Å². The molecule has 0 spiro atoms. The molecule has 6 N–H and O–H groups in total. The molecule has 0 fully saturated rings. The highest BCUT2D eigenvalue weighted by molar-refractivity contribution is 5.88. The summed E-state index contributed by atoms with van der Waals surface area (Å²) in [6.45, 7) is 9.91. The fourth-order valence-electron chi connectivity index (χ4n) is 2.70. The molecule has 0 aliphatic heterocycles. The lowest BCUT2D eigenvalue weighted by molar-refractivity contribution is -0.170. The summed E-state index contributed by atoms with van der Waals surface area (Å²) in [6.07, 6.45) is 6.07. The van der Waals surface area contributed by atoms with Crippen molar-refractivity contribution < 1.29 is 49.8 Å². The molecule has 33 heavy (non-hydrogen) atoms. The molecule has 0 saturated carbocycles. The number of hydrogen-bond donors (Lipinski definition) is 6. The Labute approximate surface area is 196 Å². The summed E-state index contributed by atoms with van der Waals surface area (Å²) in [6, 6.07) is 0. The molecule has 0 aromatic carbocycles. The van der Waals surface area contributed by atoms with Gasteiger partial charge in [-0.25, -0.2) is 4.79 Å². The Balaban J connectivity index is -0.000000421. The number of rotatable bonds is 16. The lowest BCUT2D eigenvalue weighted by Crippen LogP contribution is -2.42. The molecule has 0 bridgehead atoms. The first kappa shape index (κ1) is 35.4. The van der Waals surface area contributed by atoms with Crippen LogP contribution in [0.4, 0.5) is 0 Å².